The van der Waals surface area contributed by atoms with E-state index in [1.807, 2.05) is 31.2 Å². The summed E-state index contributed by atoms with van der Waals surface area (Å²) < 4.78 is 10.2. The predicted molar refractivity (Wildman–Crippen MR) is 66.0 cm³/mol. The zero-order valence-electron chi connectivity index (χ0n) is 10.4. The quantitative estimate of drug-likeness (QED) is 0.735. The molecule has 0 spiro atoms. The van der Waals surface area contributed by atoms with Crippen LogP contribution in [0, 0.1) is 0 Å². The summed E-state index contributed by atoms with van der Waals surface area (Å²) in [6, 6.07) is 7.62. The van der Waals surface area contributed by atoms with Crippen molar-refractivity contribution in [2.75, 3.05) is 20.3 Å². The third-order valence-electron chi connectivity index (χ3n) is 2.33. The van der Waals surface area contributed by atoms with Gasteiger partial charge in [0.1, 0.15) is 5.75 Å². The summed E-state index contributed by atoms with van der Waals surface area (Å²) in [6.45, 7) is 3.57. The van der Waals surface area contributed by atoms with Gasteiger partial charge in [-0.25, -0.2) is 0 Å². The number of methoxy groups -OCH3 is 1. The van der Waals surface area contributed by atoms with Gasteiger partial charge in [-0.05, 0) is 24.6 Å². The molecule has 0 aromatic heterocycles. The van der Waals surface area contributed by atoms with E-state index in [0.29, 0.717) is 26.2 Å². The van der Waals surface area contributed by atoms with E-state index < -0.39 is 0 Å². The van der Waals surface area contributed by atoms with Crippen molar-refractivity contribution in [2.45, 2.75) is 19.9 Å². The second-order valence-electron chi connectivity index (χ2n) is 3.57. The van der Waals surface area contributed by atoms with Crippen LogP contribution in [0.3, 0.4) is 0 Å². The number of ether oxygens (including phenoxy) is 2. The maximum atomic E-state index is 11.4. The fourth-order valence-corrected chi connectivity index (χ4v) is 1.34. The highest BCUT2D eigenvalue weighted by Crippen LogP contribution is 2.10. The topological polar surface area (TPSA) is 47.6 Å². The molecule has 0 unspecified atom stereocenters. The van der Waals surface area contributed by atoms with Crippen LogP contribution in [0.1, 0.15) is 18.9 Å². The van der Waals surface area contributed by atoms with Crippen molar-refractivity contribution < 1.29 is 14.3 Å². The van der Waals surface area contributed by atoms with E-state index in [1.54, 1.807) is 7.11 Å². The van der Waals surface area contributed by atoms with Gasteiger partial charge < -0.3 is 14.8 Å². The van der Waals surface area contributed by atoms with Crippen molar-refractivity contribution in [3.63, 3.8) is 0 Å². The molecule has 0 saturated heterocycles. The van der Waals surface area contributed by atoms with Crippen molar-refractivity contribution >= 4 is 5.91 Å². The first-order chi connectivity index (χ1) is 8.26. The number of nitrogens with one attached hydrogen (secondary N) is 1. The first kappa shape index (κ1) is 13.5. The SMILES string of the molecule is CCOCCC(=O)NCc1ccc(OC)cc1. The molecule has 4 nitrogen and oxygen atoms in total. The van der Waals surface area contributed by atoms with Gasteiger partial charge in [-0.15, -0.1) is 0 Å². The minimum Gasteiger partial charge on any atom is -0.497 e. The Morgan fingerprint density at radius 3 is 2.59 bits per heavy atom. The van der Waals surface area contributed by atoms with Crippen LogP contribution in [0.15, 0.2) is 24.3 Å². The molecule has 0 aliphatic carbocycles. The molecular formula is C13H19NO3. The molecule has 1 amide bonds. The average molecular weight is 237 g/mol. The normalized spacial score (nSPS) is 10.0. The van der Waals surface area contributed by atoms with E-state index in [9.17, 15) is 4.79 Å². The Hall–Kier alpha value is -1.55. The summed E-state index contributed by atoms with van der Waals surface area (Å²) in [5.74, 6) is 0.825. The van der Waals surface area contributed by atoms with E-state index in [0.717, 1.165) is 11.3 Å². The molecule has 0 fully saturated rings. The summed E-state index contributed by atoms with van der Waals surface area (Å²) in [6.07, 6.45) is 0.407. The van der Waals surface area contributed by atoms with Crippen molar-refractivity contribution in [3.8, 4) is 5.75 Å². The lowest BCUT2D eigenvalue weighted by atomic mass is 10.2. The number of hydrogen-bond donors (Lipinski definition) is 1. The van der Waals surface area contributed by atoms with Crippen LogP contribution >= 0.6 is 0 Å². The molecule has 17 heavy (non-hydrogen) atoms. The highest BCUT2D eigenvalue weighted by atomic mass is 16.5. The Labute approximate surface area is 102 Å². The molecule has 0 aliphatic rings. The molecule has 0 atom stereocenters. The van der Waals surface area contributed by atoms with Crippen molar-refractivity contribution in [1.29, 1.82) is 0 Å². The first-order valence-electron chi connectivity index (χ1n) is 5.73. The number of benzene rings is 1. The van der Waals surface area contributed by atoms with Crippen molar-refractivity contribution in [1.82, 2.24) is 5.32 Å². The summed E-state index contributed by atoms with van der Waals surface area (Å²) in [5.41, 5.74) is 1.05. The molecular weight excluding hydrogens is 218 g/mol. The lowest BCUT2D eigenvalue weighted by Crippen LogP contribution is -2.23. The van der Waals surface area contributed by atoms with Gasteiger partial charge in [0.05, 0.1) is 13.7 Å². The Kier molecular flexibility index (Phi) is 6.10. The van der Waals surface area contributed by atoms with Gasteiger partial charge in [0.2, 0.25) is 5.91 Å². The molecule has 0 saturated carbocycles. The van der Waals surface area contributed by atoms with Crippen LogP contribution in [-0.4, -0.2) is 26.2 Å². The van der Waals surface area contributed by atoms with Gasteiger partial charge in [-0.3, -0.25) is 4.79 Å². The number of carbonyl (C=O) groups is 1. The van der Waals surface area contributed by atoms with Crippen LogP contribution < -0.4 is 10.1 Å². The average Bonchev–Trinajstić information content (AvgIpc) is 2.37. The fourth-order valence-electron chi connectivity index (χ4n) is 1.34. The Bertz CT molecular complexity index is 335. The summed E-state index contributed by atoms with van der Waals surface area (Å²) in [7, 11) is 1.63. The first-order valence-corrected chi connectivity index (χ1v) is 5.73. The molecule has 1 aromatic rings. The number of amides is 1. The van der Waals surface area contributed by atoms with Gasteiger partial charge in [-0.1, -0.05) is 12.1 Å². The standard InChI is InChI=1S/C13H19NO3/c1-3-17-9-8-13(15)14-10-11-4-6-12(16-2)7-5-11/h4-7H,3,8-10H2,1-2H3,(H,14,15). The molecule has 1 aromatic carbocycles. The molecule has 0 heterocycles. The minimum atomic E-state index is 0.00858. The summed E-state index contributed by atoms with van der Waals surface area (Å²) in [4.78, 5) is 11.4. The third kappa shape index (κ3) is 5.36. The molecule has 0 aliphatic heterocycles. The van der Waals surface area contributed by atoms with Gasteiger partial charge in [0.15, 0.2) is 0 Å². The highest BCUT2D eigenvalue weighted by Gasteiger charge is 2.01. The van der Waals surface area contributed by atoms with Crippen LogP contribution in [0.25, 0.3) is 0 Å². The zero-order chi connectivity index (χ0) is 12.5. The minimum absolute atomic E-state index is 0.00858. The van der Waals surface area contributed by atoms with E-state index in [4.69, 9.17) is 9.47 Å². The summed E-state index contributed by atoms with van der Waals surface area (Å²) in [5, 5.41) is 2.84. The molecule has 0 bridgehead atoms. The Morgan fingerprint density at radius 1 is 1.29 bits per heavy atom. The second kappa shape index (κ2) is 7.68. The maximum Gasteiger partial charge on any atom is 0.222 e. The molecule has 94 valence electrons. The van der Waals surface area contributed by atoms with Gasteiger partial charge in [-0.2, -0.15) is 0 Å². The van der Waals surface area contributed by atoms with Crippen LogP contribution in [0.4, 0.5) is 0 Å². The Balaban J connectivity index is 2.27. The van der Waals surface area contributed by atoms with Gasteiger partial charge in [0.25, 0.3) is 0 Å². The smallest absolute Gasteiger partial charge is 0.222 e. The van der Waals surface area contributed by atoms with Crippen molar-refractivity contribution in [3.05, 3.63) is 29.8 Å². The summed E-state index contributed by atoms with van der Waals surface area (Å²) >= 11 is 0. The van der Waals surface area contributed by atoms with Gasteiger partial charge >= 0.3 is 0 Å². The Morgan fingerprint density at radius 2 is 2.00 bits per heavy atom. The third-order valence-corrected chi connectivity index (χ3v) is 2.33. The van der Waals surface area contributed by atoms with Crippen LogP contribution in [0.2, 0.25) is 0 Å². The second-order valence-corrected chi connectivity index (χ2v) is 3.57. The number of carbonyl (C=O) groups excluding carboxylic acids is 1. The van der Waals surface area contributed by atoms with E-state index in [-0.39, 0.29) is 5.91 Å². The monoisotopic (exact) mass is 237 g/mol. The van der Waals surface area contributed by atoms with Crippen LogP contribution in [0.5, 0.6) is 5.75 Å². The van der Waals surface area contributed by atoms with E-state index in [1.165, 1.54) is 0 Å². The predicted octanol–water partition coefficient (Wildman–Crippen LogP) is 1.74. The lowest BCUT2D eigenvalue weighted by molar-refractivity contribution is -0.122. The zero-order valence-corrected chi connectivity index (χ0v) is 10.4. The molecule has 0 radical (unpaired) electrons. The lowest BCUT2D eigenvalue weighted by Gasteiger charge is -2.06. The van der Waals surface area contributed by atoms with Gasteiger partial charge in [0, 0.05) is 19.6 Å². The number of rotatable bonds is 7. The van der Waals surface area contributed by atoms with E-state index in [2.05, 4.69) is 5.32 Å². The maximum absolute atomic E-state index is 11.4. The fraction of sp³-hybridized carbons (Fsp3) is 0.462. The molecule has 4 heteroatoms. The molecule has 1 N–H and O–H groups in total. The highest BCUT2D eigenvalue weighted by molar-refractivity contribution is 5.75. The van der Waals surface area contributed by atoms with Crippen LogP contribution in [-0.2, 0) is 16.1 Å². The largest absolute Gasteiger partial charge is 0.497 e. The van der Waals surface area contributed by atoms with Crippen molar-refractivity contribution in [2.24, 2.45) is 0 Å². The number of hydrogen-bond acceptors (Lipinski definition) is 3. The molecule has 1 rings (SSSR count). The van der Waals surface area contributed by atoms with E-state index >= 15 is 0 Å².